The van der Waals surface area contributed by atoms with Crippen molar-refractivity contribution in [3.8, 4) is 0 Å². The van der Waals surface area contributed by atoms with E-state index in [9.17, 15) is 0 Å². The number of hydrogen-bond acceptors (Lipinski definition) is 2. The average Bonchev–Trinajstić information content (AvgIpc) is 2.74. The molecule has 1 radical (unpaired) electrons. The molecule has 0 amide bonds. The Labute approximate surface area is 61.8 Å². The fraction of sp³-hybridized carbons (Fsp3) is 0.625. The zero-order valence-electron chi connectivity index (χ0n) is 6.08. The quantitative estimate of drug-likeness (QED) is 0.423. The third-order valence-electron chi connectivity index (χ3n) is 1.45. The Morgan fingerprint density at radius 1 is 1.80 bits per heavy atom. The lowest BCUT2D eigenvalue weighted by Gasteiger charge is -2.08. The van der Waals surface area contributed by atoms with E-state index < -0.39 is 0 Å². The Morgan fingerprint density at radius 3 is 2.90 bits per heavy atom. The molecular weight excluding hydrogens is 128 g/mol. The van der Waals surface area contributed by atoms with Crippen LogP contribution in [-0.2, 0) is 9.47 Å². The largest absolute Gasteiger partial charge is 0.371 e. The average molecular weight is 141 g/mol. The van der Waals surface area contributed by atoms with Crippen LogP contribution in [0.4, 0.5) is 0 Å². The van der Waals surface area contributed by atoms with Crippen LogP contribution in [0.1, 0.15) is 6.42 Å². The summed E-state index contributed by atoms with van der Waals surface area (Å²) in [6.07, 6.45) is 2.96. The fourth-order valence-corrected chi connectivity index (χ4v) is 0.664. The highest BCUT2D eigenvalue weighted by atomic mass is 16.6. The van der Waals surface area contributed by atoms with Crippen molar-refractivity contribution in [1.29, 1.82) is 0 Å². The zero-order chi connectivity index (χ0) is 7.40. The standard InChI is InChI=1S/C8H13O2/c1-3-7(4-2)9-5-8-6-10-8/h3,7-8H,1-2,4-6H2. The van der Waals surface area contributed by atoms with Crippen LogP contribution in [-0.4, -0.2) is 25.4 Å². The summed E-state index contributed by atoms with van der Waals surface area (Å²) in [4.78, 5) is 0. The first-order valence-electron chi connectivity index (χ1n) is 3.52. The minimum atomic E-state index is 0.101. The maximum absolute atomic E-state index is 5.36. The van der Waals surface area contributed by atoms with Crippen LogP contribution in [0, 0.1) is 6.92 Å². The summed E-state index contributed by atoms with van der Waals surface area (Å²) >= 11 is 0. The van der Waals surface area contributed by atoms with E-state index in [0.717, 1.165) is 13.0 Å². The van der Waals surface area contributed by atoms with E-state index in [1.54, 1.807) is 6.08 Å². The summed E-state index contributed by atoms with van der Waals surface area (Å²) < 4.78 is 10.3. The van der Waals surface area contributed by atoms with Gasteiger partial charge in [0, 0.05) is 0 Å². The van der Waals surface area contributed by atoms with Gasteiger partial charge in [-0.1, -0.05) is 13.0 Å². The van der Waals surface area contributed by atoms with Crippen LogP contribution in [0.3, 0.4) is 0 Å². The summed E-state index contributed by atoms with van der Waals surface area (Å²) in [5.74, 6) is 0. The van der Waals surface area contributed by atoms with Crippen LogP contribution in [0.15, 0.2) is 12.7 Å². The maximum atomic E-state index is 5.36. The molecule has 1 heterocycles. The van der Waals surface area contributed by atoms with Crippen LogP contribution < -0.4 is 0 Å². The van der Waals surface area contributed by atoms with Gasteiger partial charge in [0.1, 0.15) is 6.10 Å². The summed E-state index contributed by atoms with van der Waals surface area (Å²) in [5, 5.41) is 0. The molecule has 1 saturated heterocycles. The van der Waals surface area contributed by atoms with Gasteiger partial charge in [-0.25, -0.2) is 0 Å². The molecule has 2 atom stereocenters. The van der Waals surface area contributed by atoms with Gasteiger partial charge in [0.05, 0.1) is 19.3 Å². The molecule has 2 unspecified atom stereocenters. The molecule has 0 N–H and O–H groups in total. The zero-order valence-corrected chi connectivity index (χ0v) is 6.08. The second kappa shape index (κ2) is 3.74. The third kappa shape index (κ3) is 2.50. The molecule has 0 aliphatic carbocycles. The molecule has 0 saturated carbocycles. The molecule has 1 fully saturated rings. The Kier molecular flexibility index (Phi) is 2.90. The Hall–Kier alpha value is -0.340. The molecule has 10 heavy (non-hydrogen) atoms. The summed E-state index contributed by atoms with van der Waals surface area (Å²) in [5.41, 5.74) is 0. The van der Waals surface area contributed by atoms with Gasteiger partial charge >= 0.3 is 0 Å². The minimum absolute atomic E-state index is 0.101. The number of rotatable bonds is 5. The van der Waals surface area contributed by atoms with Crippen molar-refractivity contribution >= 4 is 0 Å². The van der Waals surface area contributed by atoms with E-state index in [-0.39, 0.29) is 6.10 Å². The SMILES string of the molecule is [CH2]CC(C=C)OCC1CO1. The molecule has 2 heteroatoms. The highest BCUT2D eigenvalue weighted by molar-refractivity contribution is 4.81. The topological polar surface area (TPSA) is 21.8 Å². The molecule has 1 rings (SSSR count). The Bertz CT molecular complexity index is 108. The second-order valence-electron chi connectivity index (χ2n) is 2.35. The van der Waals surface area contributed by atoms with Crippen molar-refractivity contribution in [1.82, 2.24) is 0 Å². The van der Waals surface area contributed by atoms with Crippen molar-refractivity contribution in [2.45, 2.75) is 18.6 Å². The van der Waals surface area contributed by atoms with Crippen LogP contribution >= 0.6 is 0 Å². The predicted molar refractivity (Wildman–Crippen MR) is 39.7 cm³/mol. The molecule has 57 valence electrons. The smallest absolute Gasteiger partial charge is 0.104 e. The summed E-state index contributed by atoms with van der Waals surface area (Å²) in [6, 6.07) is 0. The number of hydrogen-bond donors (Lipinski definition) is 0. The van der Waals surface area contributed by atoms with Crippen LogP contribution in [0.2, 0.25) is 0 Å². The van der Waals surface area contributed by atoms with Crippen LogP contribution in [0.25, 0.3) is 0 Å². The van der Waals surface area contributed by atoms with Gasteiger partial charge in [0.2, 0.25) is 0 Å². The first-order valence-corrected chi connectivity index (χ1v) is 3.52. The Balaban J connectivity index is 2.02. The van der Waals surface area contributed by atoms with E-state index in [2.05, 4.69) is 13.5 Å². The molecule has 0 aromatic rings. The maximum Gasteiger partial charge on any atom is 0.104 e. The van der Waals surface area contributed by atoms with E-state index in [4.69, 9.17) is 9.47 Å². The molecule has 0 spiro atoms. The number of epoxide rings is 1. The van der Waals surface area contributed by atoms with E-state index in [1.165, 1.54) is 0 Å². The summed E-state index contributed by atoms with van der Waals surface area (Å²) in [6.45, 7) is 8.88. The molecule has 2 nitrogen and oxygen atoms in total. The molecule has 1 aliphatic heterocycles. The van der Waals surface area contributed by atoms with Crippen molar-refractivity contribution < 1.29 is 9.47 Å². The summed E-state index contributed by atoms with van der Waals surface area (Å²) in [7, 11) is 0. The molecule has 0 aromatic carbocycles. The van der Waals surface area contributed by atoms with Gasteiger partial charge in [-0.15, -0.1) is 6.58 Å². The highest BCUT2D eigenvalue weighted by Crippen LogP contribution is 2.10. The second-order valence-corrected chi connectivity index (χ2v) is 2.35. The third-order valence-corrected chi connectivity index (χ3v) is 1.45. The predicted octanol–water partition coefficient (Wildman–Crippen LogP) is 1.18. The Morgan fingerprint density at radius 2 is 2.50 bits per heavy atom. The van der Waals surface area contributed by atoms with Gasteiger partial charge < -0.3 is 9.47 Å². The first kappa shape index (κ1) is 7.76. The van der Waals surface area contributed by atoms with Gasteiger partial charge in [0.25, 0.3) is 0 Å². The van der Waals surface area contributed by atoms with E-state index in [1.807, 2.05) is 0 Å². The van der Waals surface area contributed by atoms with Crippen molar-refractivity contribution in [2.75, 3.05) is 13.2 Å². The molecule has 0 bridgehead atoms. The van der Waals surface area contributed by atoms with Crippen molar-refractivity contribution in [3.63, 3.8) is 0 Å². The molecule has 0 aromatic heterocycles. The lowest BCUT2D eigenvalue weighted by Crippen LogP contribution is -2.12. The van der Waals surface area contributed by atoms with Gasteiger partial charge in [-0.2, -0.15) is 0 Å². The molecular formula is C8H13O2. The van der Waals surface area contributed by atoms with Crippen LogP contribution in [0.5, 0.6) is 0 Å². The van der Waals surface area contributed by atoms with Crippen molar-refractivity contribution in [3.05, 3.63) is 19.6 Å². The number of ether oxygens (including phenoxy) is 2. The fourth-order valence-electron chi connectivity index (χ4n) is 0.664. The van der Waals surface area contributed by atoms with Crippen molar-refractivity contribution in [2.24, 2.45) is 0 Å². The van der Waals surface area contributed by atoms with E-state index >= 15 is 0 Å². The lowest BCUT2D eigenvalue weighted by atomic mass is 10.3. The normalized spacial score (nSPS) is 25.9. The first-order chi connectivity index (χ1) is 4.86. The highest BCUT2D eigenvalue weighted by Gasteiger charge is 2.23. The van der Waals surface area contributed by atoms with Gasteiger partial charge in [-0.3, -0.25) is 0 Å². The minimum Gasteiger partial charge on any atom is -0.371 e. The monoisotopic (exact) mass is 141 g/mol. The lowest BCUT2D eigenvalue weighted by molar-refractivity contribution is 0.0737. The van der Waals surface area contributed by atoms with Gasteiger partial charge in [-0.05, 0) is 6.42 Å². The van der Waals surface area contributed by atoms with E-state index in [0.29, 0.717) is 12.7 Å². The molecule has 1 aliphatic rings. The van der Waals surface area contributed by atoms with Gasteiger partial charge in [0.15, 0.2) is 0 Å².